The zero-order chi connectivity index (χ0) is 12.1. The summed E-state index contributed by atoms with van der Waals surface area (Å²) in [7, 11) is 0. The van der Waals surface area contributed by atoms with Crippen molar-refractivity contribution in [2.75, 3.05) is 65.6 Å². The van der Waals surface area contributed by atoms with Crippen molar-refractivity contribution in [3.63, 3.8) is 0 Å². The predicted octanol–water partition coefficient (Wildman–Crippen LogP) is -2.59. The lowest BCUT2D eigenvalue weighted by atomic mass is 10.4. The van der Waals surface area contributed by atoms with Gasteiger partial charge in [0.05, 0.1) is 13.2 Å². The smallest absolute Gasteiger partial charge is 0.0558 e. The van der Waals surface area contributed by atoms with Gasteiger partial charge in [0.15, 0.2) is 0 Å². The molecule has 0 aliphatic carbocycles. The lowest BCUT2D eigenvalue weighted by Crippen LogP contribution is -2.44. The molecule has 1 saturated heterocycles. The first-order valence-corrected chi connectivity index (χ1v) is 5.90. The Morgan fingerprint density at radius 3 is 2.31 bits per heavy atom. The number of nitrogens with zero attached hydrogens (tertiary/aromatic N) is 1. The summed E-state index contributed by atoms with van der Waals surface area (Å²) in [6, 6.07) is 0. The van der Waals surface area contributed by atoms with Crippen LogP contribution in [-0.4, -0.2) is 80.7 Å². The van der Waals surface area contributed by atoms with Crippen LogP contribution in [0.1, 0.15) is 0 Å². The zero-order valence-electron chi connectivity index (χ0n) is 9.99. The summed E-state index contributed by atoms with van der Waals surface area (Å²) in [5.74, 6) is 0. The van der Waals surface area contributed by atoms with Crippen LogP contribution in [-0.2, 0) is 0 Å². The zero-order valence-corrected chi connectivity index (χ0v) is 9.99. The van der Waals surface area contributed by atoms with E-state index in [0.29, 0.717) is 19.7 Å². The van der Waals surface area contributed by atoms with Crippen LogP contribution in [0.25, 0.3) is 0 Å². The molecule has 1 fully saturated rings. The third kappa shape index (κ3) is 10.3. The van der Waals surface area contributed by atoms with Gasteiger partial charge in [-0.05, 0) is 0 Å². The molecule has 6 N–H and O–H groups in total. The molecule has 98 valence electrons. The second-order valence-corrected chi connectivity index (χ2v) is 3.58. The third-order valence-electron chi connectivity index (χ3n) is 2.24. The molecule has 0 unspecified atom stereocenters. The minimum atomic E-state index is 0.194. The van der Waals surface area contributed by atoms with E-state index in [1.165, 1.54) is 0 Å². The molecule has 0 aromatic carbocycles. The van der Waals surface area contributed by atoms with Gasteiger partial charge in [-0.2, -0.15) is 0 Å². The second-order valence-electron chi connectivity index (χ2n) is 3.58. The summed E-state index contributed by atoms with van der Waals surface area (Å²) in [6.07, 6.45) is 0. The van der Waals surface area contributed by atoms with Crippen molar-refractivity contribution in [1.29, 1.82) is 0 Å². The number of piperazine rings is 1. The van der Waals surface area contributed by atoms with E-state index in [-0.39, 0.29) is 6.61 Å². The summed E-state index contributed by atoms with van der Waals surface area (Å²) in [6.45, 7) is 7.71. The van der Waals surface area contributed by atoms with E-state index >= 15 is 0 Å². The molecule has 1 aliphatic heterocycles. The van der Waals surface area contributed by atoms with Gasteiger partial charge < -0.3 is 26.6 Å². The van der Waals surface area contributed by atoms with Crippen LogP contribution in [0.4, 0.5) is 0 Å². The van der Waals surface area contributed by atoms with E-state index in [9.17, 15) is 0 Å². The van der Waals surface area contributed by atoms with Crippen molar-refractivity contribution in [2.45, 2.75) is 0 Å². The largest absolute Gasteiger partial charge is 0.395 e. The fourth-order valence-corrected chi connectivity index (χ4v) is 1.38. The van der Waals surface area contributed by atoms with Gasteiger partial charge >= 0.3 is 0 Å². The van der Waals surface area contributed by atoms with Crippen LogP contribution in [0.5, 0.6) is 0 Å². The Bertz CT molecular complexity index is 125. The summed E-state index contributed by atoms with van der Waals surface area (Å²) < 4.78 is 0. The average Bonchev–Trinajstić information content (AvgIpc) is 2.32. The minimum Gasteiger partial charge on any atom is -0.395 e. The van der Waals surface area contributed by atoms with Gasteiger partial charge in [0.1, 0.15) is 0 Å². The SMILES string of the molecule is NCCNCCO.OCCN1CCNCC1. The first kappa shape index (κ1) is 15.8. The van der Waals surface area contributed by atoms with Crippen LogP contribution < -0.4 is 16.4 Å². The molecule has 0 spiro atoms. The first-order chi connectivity index (χ1) is 7.85. The maximum atomic E-state index is 8.56. The van der Waals surface area contributed by atoms with Crippen LogP contribution >= 0.6 is 0 Å². The van der Waals surface area contributed by atoms with Crippen LogP contribution in [0, 0.1) is 0 Å². The predicted molar refractivity (Wildman–Crippen MR) is 65.4 cm³/mol. The van der Waals surface area contributed by atoms with E-state index in [4.69, 9.17) is 15.9 Å². The second kappa shape index (κ2) is 12.8. The maximum Gasteiger partial charge on any atom is 0.0558 e. The van der Waals surface area contributed by atoms with Crippen molar-refractivity contribution in [2.24, 2.45) is 5.73 Å². The Morgan fingerprint density at radius 2 is 1.81 bits per heavy atom. The number of β-amino-alcohol motifs (C(OH)–C–C–N with tert-alkyl or cyclic N) is 1. The van der Waals surface area contributed by atoms with Gasteiger partial charge in [-0.3, -0.25) is 4.90 Å². The standard InChI is InChI=1S/C6H14N2O.C4H12N2O/c9-6-5-8-3-1-7-2-4-8;5-1-2-6-3-4-7/h7,9H,1-6H2;6-7H,1-5H2. The van der Waals surface area contributed by atoms with E-state index in [1.54, 1.807) is 0 Å². The van der Waals surface area contributed by atoms with Gasteiger partial charge in [-0.1, -0.05) is 0 Å². The van der Waals surface area contributed by atoms with E-state index in [1.807, 2.05) is 0 Å². The van der Waals surface area contributed by atoms with Gasteiger partial charge in [0.25, 0.3) is 0 Å². The molecule has 1 heterocycles. The van der Waals surface area contributed by atoms with E-state index in [2.05, 4.69) is 15.5 Å². The topological polar surface area (TPSA) is 93.8 Å². The fourth-order valence-electron chi connectivity index (χ4n) is 1.38. The molecule has 0 amide bonds. The molecule has 6 nitrogen and oxygen atoms in total. The first-order valence-electron chi connectivity index (χ1n) is 5.90. The third-order valence-corrected chi connectivity index (χ3v) is 2.24. The molecule has 0 radical (unpaired) electrons. The molecule has 1 rings (SSSR count). The molecule has 1 aliphatic rings. The van der Waals surface area contributed by atoms with E-state index in [0.717, 1.165) is 39.3 Å². The van der Waals surface area contributed by atoms with Crippen LogP contribution in [0.2, 0.25) is 0 Å². The number of rotatable bonds is 6. The van der Waals surface area contributed by atoms with Crippen molar-refractivity contribution >= 4 is 0 Å². The Morgan fingerprint density at radius 1 is 1.12 bits per heavy atom. The Balaban J connectivity index is 0.000000293. The maximum absolute atomic E-state index is 8.56. The van der Waals surface area contributed by atoms with Gasteiger partial charge in [0.2, 0.25) is 0 Å². The lowest BCUT2D eigenvalue weighted by molar-refractivity contribution is 0.180. The van der Waals surface area contributed by atoms with Gasteiger partial charge in [-0.15, -0.1) is 0 Å². The Kier molecular flexibility index (Phi) is 12.6. The highest BCUT2D eigenvalue weighted by atomic mass is 16.3. The van der Waals surface area contributed by atoms with E-state index < -0.39 is 0 Å². The molecular formula is C10H26N4O2. The van der Waals surface area contributed by atoms with Gasteiger partial charge in [-0.25, -0.2) is 0 Å². The molecular weight excluding hydrogens is 208 g/mol. The normalized spacial score (nSPS) is 16.7. The molecule has 0 bridgehead atoms. The molecule has 6 heteroatoms. The molecule has 0 atom stereocenters. The number of nitrogens with one attached hydrogen (secondary N) is 2. The summed E-state index contributed by atoms with van der Waals surface area (Å²) in [4.78, 5) is 2.26. The van der Waals surface area contributed by atoms with Crippen molar-refractivity contribution in [3.8, 4) is 0 Å². The average molecular weight is 234 g/mol. The number of aliphatic hydroxyl groups excluding tert-OH is 2. The summed E-state index contributed by atoms with van der Waals surface area (Å²) in [5, 5.41) is 22.9. The molecule has 16 heavy (non-hydrogen) atoms. The number of nitrogens with two attached hydrogens (primary N) is 1. The van der Waals surface area contributed by atoms with Crippen molar-refractivity contribution in [3.05, 3.63) is 0 Å². The number of aliphatic hydroxyl groups is 2. The van der Waals surface area contributed by atoms with Gasteiger partial charge in [0, 0.05) is 52.4 Å². The highest BCUT2D eigenvalue weighted by Crippen LogP contribution is 1.88. The Hall–Kier alpha value is -0.240. The Labute approximate surface area is 97.8 Å². The van der Waals surface area contributed by atoms with Crippen LogP contribution in [0.15, 0.2) is 0 Å². The molecule has 0 aromatic rings. The van der Waals surface area contributed by atoms with Crippen molar-refractivity contribution in [1.82, 2.24) is 15.5 Å². The fraction of sp³-hybridized carbons (Fsp3) is 1.00. The minimum absolute atomic E-state index is 0.194. The monoisotopic (exact) mass is 234 g/mol. The van der Waals surface area contributed by atoms with Crippen LogP contribution in [0.3, 0.4) is 0 Å². The number of hydrogen-bond acceptors (Lipinski definition) is 6. The molecule has 0 aromatic heterocycles. The quantitative estimate of drug-likeness (QED) is 0.324. The summed E-state index contributed by atoms with van der Waals surface area (Å²) in [5.41, 5.74) is 5.13. The summed E-state index contributed by atoms with van der Waals surface area (Å²) >= 11 is 0. The van der Waals surface area contributed by atoms with Crippen molar-refractivity contribution < 1.29 is 10.2 Å². The number of hydrogen-bond donors (Lipinski definition) is 5. The molecule has 0 saturated carbocycles. The lowest BCUT2D eigenvalue weighted by Gasteiger charge is -2.25. The highest BCUT2D eigenvalue weighted by Gasteiger charge is 2.06. The highest BCUT2D eigenvalue weighted by molar-refractivity contribution is 4.66.